The van der Waals surface area contributed by atoms with Crippen molar-refractivity contribution in [1.29, 1.82) is 0 Å². The number of amides is 1. The molecule has 1 saturated carbocycles. The van der Waals surface area contributed by atoms with Gasteiger partial charge in [0, 0.05) is 26.1 Å². The molecule has 0 unspecified atom stereocenters. The first-order valence-corrected chi connectivity index (χ1v) is 7.61. The lowest BCUT2D eigenvalue weighted by molar-refractivity contribution is -0.149. The fourth-order valence-electron chi connectivity index (χ4n) is 3.12. The number of esters is 1. The zero-order valence-corrected chi connectivity index (χ0v) is 12.5. The first kappa shape index (κ1) is 15.3. The van der Waals surface area contributed by atoms with Gasteiger partial charge in [-0.05, 0) is 38.5 Å². The monoisotopic (exact) mass is 283 g/mol. The van der Waals surface area contributed by atoms with Gasteiger partial charge >= 0.3 is 5.97 Å². The predicted octanol–water partition coefficient (Wildman–Crippen LogP) is 1.60. The molecular formula is C15H25NO4. The summed E-state index contributed by atoms with van der Waals surface area (Å²) in [5, 5.41) is 0. The van der Waals surface area contributed by atoms with Crippen molar-refractivity contribution in [2.75, 3.05) is 26.8 Å². The number of ether oxygens (including phenoxy) is 2. The molecule has 1 aliphatic carbocycles. The fourth-order valence-corrected chi connectivity index (χ4v) is 3.12. The summed E-state index contributed by atoms with van der Waals surface area (Å²) in [6.45, 7) is 4.12. The average Bonchev–Trinajstić information content (AvgIpc) is 2.44. The largest absolute Gasteiger partial charge is 0.469 e. The molecule has 0 aromatic rings. The van der Waals surface area contributed by atoms with Crippen molar-refractivity contribution in [3.8, 4) is 0 Å². The zero-order chi connectivity index (χ0) is 14.5. The highest BCUT2D eigenvalue weighted by atomic mass is 16.5. The highest BCUT2D eigenvalue weighted by Crippen LogP contribution is 2.33. The molecule has 114 valence electrons. The quantitative estimate of drug-likeness (QED) is 0.719. The van der Waals surface area contributed by atoms with E-state index in [0.29, 0.717) is 31.5 Å². The van der Waals surface area contributed by atoms with E-state index in [9.17, 15) is 9.59 Å². The molecule has 1 heterocycles. The third-order valence-electron chi connectivity index (χ3n) is 4.44. The third-order valence-corrected chi connectivity index (χ3v) is 4.44. The molecule has 0 aromatic carbocycles. The molecule has 2 rings (SSSR count). The number of piperidine rings is 1. The molecule has 0 radical (unpaired) electrons. The van der Waals surface area contributed by atoms with Crippen molar-refractivity contribution in [2.24, 2.45) is 11.8 Å². The van der Waals surface area contributed by atoms with Crippen LogP contribution in [-0.4, -0.2) is 49.7 Å². The molecule has 5 nitrogen and oxygen atoms in total. The smallest absolute Gasteiger partial charge is 0.308 e. The minimum atomic E-state index is -0.143. The maximum Gasteiger partial charge on any atom is 0.308 e. The van der Waals surface area contributed by atoms with Gasteiger partial charge in [-0.1, -0.05) is 0 Å². The molecule has 1 amide bonds. The zero-order valence-electron chi connectivity index (χ0n) is 12.5. The van der Waals surface area contributed by atoms with Gasteiger partial charge in [0.15, 0.2) is 0 Å². The van der Waals surface area contributed by atoms with Crippen molar-refractivity contribution in [3.63, 3.8) is 0 Å². The second-order valence-corrected chi connectivity index (χ2v) is 5.80. The van der Waals surface area contributed by atoms with Gasteiger partial charge in [-0.25, -0.2) is 0 Å². The van der Waals surface area contributed by atoms with Gasteiger partial charge in [0.05, 0.1) is 19.1 Å². The summed E-state index contributed by atoms with van der Waals surface area (Å²) in [7, 11) is 1.42. The van der Waals surface area contributed by atoms with E-state index in [1.165, 1.54) is 7.11 Å². The first-order valence-electron chi connectivity index (χ1n) is 7.61. The van der Waals surface area contributed by atoms with Crippen LogP contribution in [0.1, 0.15) is 39.0 Å². The normalized spacial score (nSPS) is 27.0. The fraction of sp³-hybridized carbons (Fsp3) is 0.867. The summed E-state index contributed by atoms with van der Waals surface area (Å²) < 4.78 is 10.3. The summed E-state index contributed by atoms with van der Waals surface area (Å²) in [5.41, 5.74) is 0. The number of likely N-dealkylation sites (tertiary alicyclic amines) is 1. The van der Waals surface area contributed by atoms with Crippen molar-refractivity contribution in [3.05, 3.63) is 0 Å². The van der Waals surface area contributed by atoms with Gasteiger partial charge in [0.2, 0.25) is 5.91 Å². The number of hydrogen-bond acceptors (Lipinski definition) is 4. The molecule has 0 spiro atoms. The second kappa shape index (κ2) is 7.07. The Morgan fingerprint density at radius 2 is 1.85 bits per heavy atom. The molecule has 1 saturated heterocycles. The first-order chi connectivity index (χ1) is 9.63. The Hall–Kier alpha value is -1.10. The van der Waals surface area contributed by atoms with Crippen molar-refractivity contribution < 1.29 is 19.1 Å². The standard InChI is InChI=1S/C15H25NO4/c1-3-20-13-8-11(9-13)10-14(17)16-6-4-12(5-7-16)15(18)19-2/h11-13H,3-10H2,1-2H3. The number of hydrogen-bond donors (Lipinski definition) is 0. The van der Waals surface area contributed by atoms with E-state index in [1.54, 1.807) is 0 Å². The topological polar surface area (TPSA) is 55.8 Å². The molecule has 20 heavy (non-hydrogen) atoms. The predicted molar refractivity (Wildman–Crippen MR) is 74.1 cm³/mol. The molecular weight excluding hydrogens is 258 g/mol. The van der Waals surface area contributed by atoms with Crippen molar-refractivity contribution in [2.45, 2.75) is 45.1 Å². The Bertz CT molecular complexity index is 344. The van der Waals surface area contributed by atoms with E-state index in [-0.39, 0.29) is 17.8 Å². The van der Waals surface area contributed by atoms with E-state index in [2.05, 4.69) is 0 Å². The lowest BCUT2D eigenvalue weighted by atomic mass is 9.79. The molecule has 0 bridgehead atoms. The van der Waals surface area contributed by atoms with Crippen LogP contribution in [-0.2, 0) is 19.1 Å². The van der Waals surface area contributed by atoms with E-state index in [0.717, 1.165) is 32.3 Å². The van der Waals surface area contributed by atoms with Crippen LogP contribution in [0.4, 0.5) is 0 Å². The Kier molecular flexibility index (Phi) is 5.40. The summed E-state index contributed by atoms with van der Waals surface area (Å²) >= 11 is 0. The van der Waals surface area contributed by atoms with Crippen molar-refractivity contribution in [1.82, 2.24) is 4.90 Å². The number of nitrogens with zero attached hydrogens (tertiary/aromatic N) is 1. The molecule has 2 aliphatic rings. The maximum absolute atomic E-state index is 12.2. The highest BCUT2D eigenvalue weighted by Gasteiger charge is 2.34. The molecule has 0 atom stereocenters. The third kappa shape index (κ3) is 3.72. The van der Waals surface area contributed by atoms with Crippen LogP contribution in [0, 0.1) is 11.8 Å². The van der Waals surface area contributed by atoms with E-state index in [1.807, 2.05) is 11.8 Å². The molecule has 0 N–H and O–H groups in total. The Balaban J connectivity index is 1.67. The van der Waals surface area contributed by atoms with Gasteiger partial charge in [-0.2, -0.15) is 0 Å². The Labute approximate surface area is 120 Å². The summed E-state index contributed by atoms with van der Waals surface area (Å²) in [6.07, 6.45) is 4.47. The SMILES string of the molecule is CCOC1CC(CC(=O)N2CCC(C(=O)OC)CC2)C1. The Morgan fingerprint density at radius 3 is 2.40 bits per heavy atom. The van der Waals surface area contributed by atoms with Crippen LogP contribution in [0.2, 0.25) is 0 Å². The maximum atomic E-state index is 12.2. The lowest BCUT2D eigenvalue weighted by Gasteiger charge is -2.37. The van der Waals surface area contributed by atoms with E-state index < -0.39 is 0 Å². The number of methoxy groups -OCH3 is 1. The van der Waals surface area contributed by atoms with Crippen LogP contribution in [0.15, 0.2) is 0 Å². The van der Waals surface area contributed by atoms with Gasteiger partial charge < -0.3 is 14.4 Å². The summed E-state index contributed by atoms with van der Waals surface area (Å²) in [4.78, 5) is 25.5. The molecule has 0 aromatic heterocycles. The van der Waals surface area contributed by atoms with Crippen LogP contribution in [0.25, 0.3) is 0 Å². The van der Waals surface area contributed by atoms with Gasteiger partial charge in [-0.15, -0.1) is 0 Å². The van der Waals surface area contributed by atoms with Crippen LogP contribution in [0.5, 0.6) is 0 Å². The number of carbonyl (C=O) groups excluding carboxylic acids is 2. The molecule has 2 fully saturated rings. The molecule has 1 aliphatic heterocycles. The van der Waals surface area contributed by atoms with Gasteiger partial charge in [0.25, 0.3) is 0 Å². The van der Waals surface area contributed by atoms with Crippen LogP contribution >= 0.6 is 0 Å². The number of carbonyl (C=O) groups is 2. The second-order valence-electron chi connectivity index (χ2n) is 5.80. The Morgan fingerprint density at radius 1 is 1.20 bits per heavy atom. The van der Waals surface area contributed by atoms with Gasteiger partial charge in [-0.3, -0.25) is 9.59 Å². The summed E-state index contributed by atoms with van der Waals surface area (Å²) in [6, 6.07) is 0. The van der Waals surface area contributed by atoms with Crippen LogP contribution in [0.3, 0.4) is 0 Å². The minimum absolute atomic E-state index is 0.0323. The van der Waals surface area contributed by atoms with E-state index in [4.69, 9.17) is 9.47 Å². The molecule has 5 heteroatoms. The minimum Gasteiger partial charge on any atom is -0.469 e. The number of rotatable bonds is 5. The lowest BCUT2D eigenvalue weighted by Crippen LogP contribution is -2.42. The van der Waals surface area contributed by atoms with Crippen LogP contribution < -0.4 is 0 Å². The summed E-state index contributed by atoms with van der Waals surface area (Å²) in [5.74, 6) is 0.538. The van der Waals surface area contributed by atoms with Gasteiger partial charge in [0.1, 0.15) is 0 Å². The van der Waals surface area contributed by atoms with E-state index >= 15 is 0 Å². The highest BCUT2D eigenvalue weighted by molar-refractivity contribution is 5.77. The van der Waals surface area contributed by atoms with Crippen molar-refractivity contribution >= 4 is 11.9 Å². The average molecular weight is 283 g/mol.